The number of alkyl carbamates (subject to hydrolysis) is 1. The van der Waals surface area contributed by atoms with Crippen LogP contribution in [-0.4, -0.2) is 51.3 Å². The first-order valence-corrected chi connectivity index (χ1v) is 10.0. The Morgan fingerprint density at radius 1 is 1.35 bits per heavy atom. The van der Waals surface area contributed by atoms with Gasteiger partial charge in [0, 0.05) is 18.8 Å². The largest absolute Gasteiger partial charge is 0.450 e. The summed E-state index contributed by atoms with van der Waals surface area (Å²) in [6.07, 6.45) is 2.41. The number of hydrogen-bond donors (Lipinski definition) is 2. The van der Waals surface area contributed by atoms with Gasteiger partial charge >= 0.3 is 6.09 Å². The first-order chi connectivity index (χ1) is 12.5. The summed E-state index contributed by atoms with van der Waals surface area (Å²) in [7, 11) is 0. The van der Waals surface area contributed by atoms with Crippen LogP contribution in [0.1, 0.15) is 34.1 Å². The molecule has 1 amide bonds. The van der Waals surface area contributed by atoms with Gasteiger partial charge in [-0.1, -0.05) is 32.5 Å². The number of thioether (sulfide) groups is 1. The number of carbonyl (C=O) groups is 1. The predicted molar refractivity (Wildman–Crippen MR) is 105 cm³/mol. The molecule has 2 aromatic heterocycles. The third-order valence-corrected chi connectivity index (χ3v) is 4.51. The number of hydrogen-bond acceptors (Lipinski definition) is 7. The smallest absolute Gasteiger partial charge is 0.407 e. The molecule has 2 heterocycles. The van der Waals surface area contributed by atoms with Crippen molar-refractivity contribution >= 4 is 34.7 Å². The first kappa shape index (κ1) is 20.3. The van der Waals surface area contributed by atoms with Crippen molar-refractivity contribution < 1.29 is 9.53 Å². The monoisotopic (exact) mass is 380 g/mol. The van der Waals surface area contributed by atoms with Crippen LogP contribution in [0.5, 0.6) is 0 Å². The predicted octanol–water partition coefficient (Wildman–Crippen LogP) is 3.14. The fraction of sp³-hybridized carbons (Fsp3) is 0.647. The molecule has 2 rings (SSSR count). The minimum Gasteiger partial charge on any atom is -0.450 e. The lowest BCUT2D eigenvalue weighted by Crippen LogP contribution is -2.28. The van der Waals surface area contributed by atoms with Crippen molar-refractivity contribution in [3.05, 3.63) is 6.20 Å². The summed E-state index contributed by atoms with van der Waals surface area (Å²) in [5.74, 6) is 2.29. The lowest BCUT2D eigenvalue weighted by molar-refractivity contribution is 0.152. The minimum atomic E-state index is -0.419. The van der Waals surface area contributed by atoms with Gasteiger partial charge < -0.3 is 15.4 Å². The highest BCUT2D eigenvalue weighted by Gasteiger charge is 2.14. The van der Waals surface area contributed by atoms with Gasteiger partial charge in [0.15, 0.2) is 10.8 Å². The molecule has 8 nitrogen and oxygen atoms in total. The van der Waals surface area contributed by atoms with Crippen molar-refractivity contribution in [3.63, 3.8) is 0 Å². The summed E-state index contributed by atoms with van der Waals surface area (Å²) in [6, 6.07) is 0. The SMILES string of the molecule is CCCSc1nc(NCC(C)C)c2cnn(CCNC(=O)OCC)c2n1. The van der Waals surface area contributed by atoms with Gasteiger partial charge in [-0.15, -0.1) is 0 Å². The Hall–Kier alpha value is -2.03. The van der Waals surface area contributed by atoms with E-state index in [2.05, 4.69) is 46.5 Å². The third-order valence-electron chi connectivity index (χ3n) is 3.46. The molecule has 0 aromatic carbocycles. The van der Waals surface area contributed by atoms with Crippen LogP contribution in [0.2, 0.25) is 0 Å². The van der Waals surface area contributed by atoms with Gasteiger partial charge in [-0.2, -0.15) is 5.10 Å². The van der Waals surface area contributed by atoms with E-state index in [4.69, 9.17) is 4.74 Å². The molecule has 0 spiro atoms. The Morgan fingerprint density at radius 3 is 2.85 bits per heavy atom. The normalized spacial score (nSPS) is 11.1. The van der Waals surface area contributed by atoms with Crippen molar-refractivity contribution in [2.45, 2.75) is 45.8 Å². The zero-order valence-electron chi connectivity index (χ0n) is 15.9. The molecular weight excluding hydrogens is 352 g/mol. The second-order valence-electron chi connectivity index (χ2n) is 6.23. The summed E-state index contributed by atoms with van der Waals surface area (Å²) >= 11 is 1.64. The van der Waals surface area contributed by atoms with E-state index >= 15 is 0 Å². The molecule has 26 heavy (non-hydrogen) atoms. The molecule has 0 atom stereocenters. The molecular formula is C17H28N6O2S. The number of nitrogens with one attached hydrogen (secondary N) is 2. The molecule has 0 aliphatic carbocycles. The number of fused-ring (bicyclic) bond motifs is 1. The molecule has 0 bridgehead atoms. The van der Waals surface area contributed by atoms with Gasteiger partial charge in [0.05, 0.1) is 24.7 Å². The van der Waals surface area contributed by atoms with Gasteiger partial charge in [0.1, 0.15) is 5.82 Å². The van der Waals surface area contributed by atoms with Crippen LogP contribution in [0.15, 0.2) is 11.4 Å². The van der Waals surface area contributed by atoms with Crippen LogP contribution >= 0.6 is 11.8 Å². The molecule has 144 valence electrons. The maximum atomic E-state index is 11.4. The van der Waals surface area contributed by atoms with E-state index in [9.17, 15) is 4.79 Å². The fourth-order valence-corrected chi connectivity index (χ4v) is 2.93. The number of ether oxygens (including phenoxy) is 1. The molecule has 2 N–H and O–H groups in total. The number of carbonyl (C=O) groups excluding carboxylic acids is 1. The molecule has 0 unspecified atom stereocenters. The Bertz CT molecular complexity index is 719. The highest BCUT2D eigenvalue weighted by atomic mass is 32.2. The summed E-state index contributed by atoms with van der Waals surface area (Å²) < 4.78 is 6.66. The highest BCUT2D eigenvalue weighted by Crippen LogP contribution is 2.25. The van der Waals surface area contributed by atoms with Gasteiger partial charge in [-0.3, -0.25) is 0 Å². The summed E-state index contributed by atoms with van der Waals surface area (Å²) in [6.45, 7) is 10.3. The van der Waals surface area contributed by atoms with Crippen molar-refractivity contribution in [2.75, 3.05) is 30.8 Å². The van der Waals surface area contributed by atoms with E-state index in [-0.39, 0.29) is 0 Å². The maximum absolute atomic E-state index is 11.4. The number of aromatic nitrogens is 4. The zero-order valence-corrected chi connectivity index (χ0v) is 16.7. The van der Waals surface area contributed by atoms with Crippen LogP contribution in [0.3, 0.4) is 0 Å². The van der Waals surface area contributed by atoms with E-state index in [0.29, 0.717) is 25.6 Å². The van der Waals surface area contributed by atoms with Crippen LogP contribution in [-0.2, 0) is 11.3 Å². The number of amides is 1. The van der Waals surface area contributed by atoms with Gasteiger partial charge in [-0.25, -0.2) is 19.4 Å². The van der Waals surface area contributed by atoms with E-state index < -0.39 is 6.09 Å². The minimum absolute atomic E-state index is 0.354. The van der Waals surface area contributed by atoms with Crippen molar-refractivity contribution in [1.82, 2.24) is 25.1 Å². The van der Waals surface area contributed by atoms with E-state index in [1.54, 1.807) is 29.6 Å². The van der Waals surface area contributed by atoms with Crippen LogP contribution < -0.4 is 10.6 Å². The Labute approximate surface area is 158 Å². The lowest BCUT2D eigenvalue weighted by Gasteiger charge is -2.11. The summed E-state index contributed by atoms with van der Waals surface area (Å²) in [5, 5.41) is 12.2. The topological polar surface area (TPSA) is 94.0 Å². The van der Waals surface area contributed by atoms with Crippen LogP contribution in [0.25, 0.3) is 11.0 Å². The molecule has 2 aromatic rings. The molecule has 0 radical (unpaired) electrons. The Balaban J connectivity index is 2.19. The van der Waals surface area contributed by atoms with Crippen molar-refractivity contribution in [1.29, 1.82) is 0 Å². The van der Waals surface area contributed by atoms with Crippen molar-refractivity contribution in [2.24, 2.45) is 5.92 Å². The molecule has 0 aliphatic heterocycles. The van der Waals surface area contributed by atoms with Crippen molar-refractivity contribution in [3.8, 4) is 0 Å². The lowest BCUT2D eigenvalue weighted by atomic mass is 10.2. The molecule has 0 saturated heterocycles. The van der Waals surface area contributed by atoms with Gasteiger partial charge in [-0.05, 0) is 19.3 Å². The van der Waals surface area contributed by atoms with Crippen LogP contribution in [0, 0.1) is 5.92 Å². The maximum Gasteiger partial charge on any atom is 0.407 e. The first-order valence-electron chi connectivity index (χ1n) is 9.06. The average molecular weight is 381 g/mol. The third kappa shape index (κ3) is 5.76. The second-order valence-corrected chi connectivity index (χ2v) is 7.29. The highest BCUT2D eigenvalue weighted by molar-refractivity contribution is 7.99. The molecule has 0 saturated carbocycles. The zero-order chi connectivity index (χ0) is 18.9. The Morgan fingerprint density at radius 2 is 2.15 bits per heavy atom. The number of anilines is 1. The van der Waals surface area contributed by atoms with E-state index in [0.717, 1.165) is 40.7 Å². The molecule has 0 fully saturated rings. The number of nitrogens with zero attached hydrogens (tertiary/aromatic N) is 4. The van der Waals surface area contributed by atoms with Gasteiger partial charge in [0.25, 0.3) is 0 Å². The van der Waals surface area contributed by atoms with Crippen LogP contribution in [0.4, 0.5) is 10.6 Å². The Kier molecular flexibility index (Phi) is 7.96. The fourth-order valence-electron chi connectivity index (χ4n) is 2.24. The summed E-state index contributed by atoms with van der Waals surface area (Å²) in [4.78, 5) is 20.7. The molecule has 0 aliphatic rings. The number of rotatable bonds is 10. The second kappa shape index (κ2) is 10.2. The van der Waals surface area contributed by atoms with Gasteiger partial charge in [0.2, 0.25) is 0 Å². The summed E-state index contributed by atoms with van der Waals surface area (Å²) in [5.41, 5.74) is 0.774. The van der Waals surface area contributed by atoms with E-state index in [1.165, 1.54) is 0 Å². The molecule has 9 heteroatoms. The standard InChI is InChI=1S/C17H28N6O2S/c1-5-9-26-16-21-14(19-10-12(3)4)13-11-20-23(15(13)22-16)8-7-18-17(24)25-6-2/h11-12H,5-10H2,1-4H3,(H,18,24)(H,19,21,22). The quantitative estimate of drug-likeness (QED) is 0.483. The average Bonchev–Trinajstić information content (AvgIpc) is 3.01. The van der Waals surface area contributed by atoms with E-state index in [1.807, 2.05) is 0 Å².